The van der Waals surface area contributed by atoms with Crippen molar-refractivity contribution in [3.63, 3.8) is 0 Å². The largest absolute Gasteiger partial charge is 0.389 e. The van der Waals surface area contributed by atoms with E-state index in [1.807, 2.05) is 0 Å². The molecule has 0 aromatic rings. The molecule has 120 valence electrons. The quantitative estimate of drug-likeness (QED) is 0.809. The fourth-order valence-electron chi connectivity index (χ4n) is 4.28. The van der Waals surface area contributed by atoms with E-state index < -0.39 is 5.60 Å². The van der Waals surface area contributed by atoms with Crippen LogP contribution in [-0.2, 0) is 0 Å². The Morgan fingerprint density at radius 2 is 1.95 bits per heavy atom. The first-order chi connectivity index (χ1) is 9.98. The van der Waals surface area contributed by atoms with Gasteiger partial charge in [-0.3, -0.25) is 9.80 Å². The van der Waals surface area contributed by atoms with Gasteiger partial charge >= 0.3 is 0 Å². The first kappa shape index (κ1) is 16.8. The highest BCUT2D eigenvalue weighted by molar-refractivity contribution is 5.09. The standard InChI is InChI=1S/C18H32N2O/c1-5-18(21)14-15(2)20(13-9-8-12-19(3)4)17-11-7-6-10-16(17)18/h15-17,21H,5-7,10-14H2,1-4H3/t15-,16+,17+,18+/m1/s1. The van der Waals surface area contributed by atoms with Crippen LogP contribution in [-0.4, -0.2) is 59.8 Å². The van der Waals surface area contributed by atoms with Crippen LogP contribution in [0, 0.1) is 17.8 Å². The van der Waals surface area contributed by atoms with E-state index in [2.05, 4.69) is 49.6 Å². The lowest BCUT2D eigenvalue weighted by Crippen LogP contribution is -2.61. The minimum atomic E-state index is -0.446. The second-order valence-electron chi connectivity index (χ2n) is 7.23. The summed E-state index contributed by atoms with van der Waals surface area (Å²) >= 11 is 0. The number of hydrogen-bond donors (Lipinski definition) is 1. The summed E-state index contributed by atoms with van der Waals surface area (Å²) in [6.07, 6.45) is 6.78. The molecule has 0 bridgehead atoms. The minimum absolute atomic E-state index is 0.433. The first-order valence-electron chi connectivity index (χ1n) is 8.56. The van der Waals surface area contributed by atoms with Gasteiger partial charge in [0.1, 0.15) is 0 Å². The number of aliphatic hydroxyl groups is 1. The van der Waals surface area contributed by atoms with E-state index >= 15 is 0 Å². The summed E-state index contributed by atoms with van der Waals surface area (Å²) < 4.78 is 0. The van der Waals surface area contributed by atoms with Crippen LogP contribution < -0.4 is 0 Å². The highest BCUT2D eigenvalue weighted by Gasteiger charge is 2.49. The van der Waals surface area contributed by atoms with Crippen LogP contribution in [0.15, 0.2) is 0 Å². The lowest BCUT2D eigenvalue weighted by Gasteiger charge is -2.54. The third kappa shape index (κ3) is 3.80. The van der Waals surface area contributed by atoms with Crippen molar-refractivity contribution in [2.24, 2.45) is 5.92 Å². The van der Waals surface area contributed by atoms with Gasteiger partial charge in [0.25, 0.3) is 0 Å². The Morgan fingerprint density at radius 3 is 2.62 bits per heavy atom. The molecule has 4 atom stereocenters. The fourth-order valence-corrected chi connectivity index (χ4v) is 4.28. The third-order valence-corrected chi connectivity index (χ3v) is 5.45. The zero-order chi connectivity index (χ0) is 15.5. The number of fused-ring (bicyclic) bond motifs is 1. The fraction of sp³-hybridized carbons (Fsp3) is 0.889. The van der Waals surface area contributed by atoms with Gasteiger partial charge in [-0.1, -0.05) is 31.6 Å². The molecule has 0 aromatic carbocycles. The molecule has 3 nitrogen and oxygen atoms in total. The van der Waals surface area contributed by atoms with Crippen molar-refractivity contribution in [1.29, 1.82) is 0 Å². The van der Waals surface area contributed by atoms with Gasteiger partial charge in [-0.25, -0.2) is 0 Å². The molecular formula is C18H32N2O. The second kappa shape index (κ2) is 7.13. The number of rotatable bonds is 3. The summed E-state index contributed by atoms with van der Waals surface area (Å²) in [6, 6.07) is 0.962. The molecule has 0 aromatic heterocycles. The highest BCUT2D eigenvalue weighted by Crippen LogP contribution is 2.44. The predicted molar refractivity (Wildman–Crippen MR) is 88.1 cm³/mol. The second-order valence-corrected chi connectivity index (χ2v) is 7.23. The van der Waals surface area contributed by atoms with Crippen LogP contribution in [0.25, 0.3) is 0 Å². The van der Waals surface area contributed by atoms with Crippen LogP contribution in [0.1, 0.15) is 52.4 Å². The summed E-state index contributed by atoms with van der Waals surface area (Å²) in [6.45, 7) is 6.09. The van der Waals surface area contributed by atoms with Crippen LogP contribution in [0.5, 0.6) is 0 Å². The van der Waals surface area contributed by atoms with E-state index in [9.17, 15) is 5.11 Å². The van der Waals surface area contributed by atoms with Crippen LogP contribution in [0.2, 0.25) is 0 Å². The van der Waals surface area contributed by atoms with E-state index in [4.69, 9.17) is 0 Å². The molecule has 1 saturated heterocycles. The number of hydrogen-bond acceptors (Lipinski definition) is 3. The van der Waals surface area contributed by atoms with Crippen molar-refractivity contribution in [1.82, 2.24) is 9.80 Å². The van der Waals surface area contributed by atoms with Gasteiger partial charge < -0.3 is 5.11 Å². The van der Waals surface area contributed by atoms with Gasteiger partial charge in [0.2, 0.25) is 0 Å². The average Bonchev–Trinajstić information content (AvgIpc) is 2.46. The Hall–Kier alpha value is -0.560. The van der Waals surface area contributed by atoms with E-state index in [1.54, 1.807) is 0 Å². The topological polar surface area (TPSA) is 26.7 Å². The minimum Gasteiger partial charge on any atom is -0.389 e. The molecule has 3 heteroatoms. The van der Waals surface area contributed by atoms with Crippen molar-refractivity contribution < 1.29 is 5.11 Å². The molecule has 1 saturated carbocycles. The van der Waals surface area contributed by atoms with Crippen molar-refractivity contribution in [3.8, 4) is 11.8 Å². The third-order valence-electron chi connectivity index (χ3n) is 5.45. The monoisotopic (exact) mass is 292 g/mol. The smallest absolute Gasteiger partial charge is 0.0702 e. The maximum Gasteiger partial charge on any atom is 0.0702 e. The molecular weight excluding hydrogens is 260 g/mol. The molecule has 21 heavy (non-hydrogen) atoms. The average molecular weight is 292 g/mol. The molecule has 1 aliphatic carbocycles. The van der Waals surface area contributed by atoms with E-state index in [1.165, 1.54) is 25.7 Å². The molecule has 1 N–H and O–H groups in total. The molecule has 0 spiro atoms. The number of likely N-dealkylation sites (tertiary alicyclic amines) is 1. The maximum atomic E-state index is 11.0. The molecule has 1 aliphatic heterocycles. The highest BCUT2D eigenvalue weighted by atomic mass is 16.3. The summed E-state index contributed by atoms with van der Waals surface area (Å²) in [5, 5.41) is 11.0. The normalized spacial score (nSPS) is 37.0. The Morgan fingerprint density at radius 1 is 1.24 bits per heavy atom. The summed E-state index contributed by atoms with van der Waals surface area (Å²) in [5.41, 5.74) is -0.446. The van der Waals surface area contributed by atoms with Gasteiger partial charge in [-0.15, -0.1) is 0 Å². The Bertz CT molecular complexity index is 398. The van der Waals surface area contributed by atoms with Crippen LogP contribution in [0.4, 0.5) is 0 Å². The number of nitrogens with zero attached hydrogens (tertiary/aromatic N) is 2. The lowest BCUT2D eigenvalue weighted by atomic mass is 9.66. The van der Waals surface area contributed by atoms with E-state index in [0.717, 1.165) is 25.9 Å². The molecule has 1 heterocycles. The molecule has 0 amide bonds. The molecule has 2 fully saturated rings. The van der Waals surface area contributed by atoms with E-state index in [-0.39, 0.29) is 0 Å². The van der Waals surface area contributed by atoms with E-state index in [0.29, 0.717) is 18.0 Å². The molecule has 2 aliphatic rings. The van der Waals surface area contributed by atoms with Gasteiger partial charge in [-0.05, 0) is 46.7 Å². The first-order valence-corrected chi connectivity index (χ1v) is 8.56. The lowest BCUT2D eigenvalue weighted by molar-refractivity contribution is -0.132. The Labute approximate surface area is 130 Å². The Kier molecular flexibility index (Phi) is 5.71. The summed E-state index contributed by atoms with van der Waals surface area (Å²) in [5.74, 6) is 7.05. The predicted octanol–water partition coefficient (Wildman–Crippen LogP) is 2.35. The van der Waals surface area contributed by atoms with Crippen molar-refractivity contribution in [3.05, 3.63) is 0 Å². The van der Waals surface area contributed by atoms with Crippen LogP contribution >= 0.6 is 0 Å². The Balaban J connectivity index is 2.08. The van der Waals surface area contributed by atoms with Crippen molar-refractivity contribution in [2.45, 2.75) is 70.1 Å². The molecule has 2 rings (SSSR count). The summed E-state index contributed by atoms with van der Waals surface area (Å²) in [7, 11) is 4.10. The van der Waals surface area contributed by atoms with Gasteiger partial charge in [0.15, 0.2) is 0 Å². The van der Waals surface area contributed by atoms with Gasteiger partial charge in [0, 0.05) is 18.0 Å². The molecule has 0 radical (unpaired) electrons. The van der Waals surface area contributed by atoms with Crippen molar-refractivity contribution in [2.75, 3.05) is 27.2 Å². The number of piperidine rings is 1. The van der Waals surface area contributed by atoms with Crippen molar-refractivity contribution >= 4 is 0 Å². The zero-order valence-electron chi connectivity index (χ0n) is 14.2. The van der Waals surface area contributed by atoms with Gasteiger partial charge in [0.05, 0.1) is 18.7 Å². The maximum absolute atomic E-state index is 11.0. The van der Waals surface area contributed by atoms with Gasteiger partial charge in [-0.2, -0.15) is 0 Å². The SMILES string of the molecule is CC[C@]1(O)C[C@@H](C)N(CC#CCN(C)C)[C@H]2CCCC[C@@H]21. The zero-order valence-corrected chi connectivity index (χ0v) is 14.2. The summed E-state index contributed by atoms with van der Waals surface area (Å²) in [4.78, 5) is 4.67. The van der Waals surface area contributed by atoms with Crippen LogP contribution in [0.3, 0.4) is 0 Å². The molecule has 0 unspecified atom stereocenters.